The van der Waals surface area contributed by atoms with Crippen LogP contribution in [0.5, 0.6) is 11.5 Å². The number of benzene rings is 1. The van der Waals surface area contributed by atoms with Crippen LogP contribution in [0.15, 0.2) is 35.1 Å². The summed E-state index contributed by atoms with van der Waals surface area (Å²) in [5.41, 5.74) is 3.23. The van der Waals surface area contributed by atoms with Gasteiger partial charge in [-0.3, -0.25) is 4.98 Å². The van der Waals surface area contributed by atoms with Gasteiger partial charge in [0, 0.05) is 40.9 Å². The van der Waals surface area contributed by atoms with Gasteiger partial charge in [0.1, 0.15) is 23.0 Å². The molecule has 0 amide bonds. The molecule has 9 heteroatoms. The lowest BCUT2D eigenvalue weighted by Gasteiger charge is -2.53. The van der Waals surface area contributed by atoms with Crippen LogP contribution in [0.25, 0.3) is 11.3 Å². The van der Waals surface area contributed by atoms with E-state index >= 15 is 0 Å². The second kappa shape index (κ2) is 10.3. The lowest BCUT2D eigenvalue weighted by Crippen LogP contribution is -2.44. The van der Waals surface area contributed by atoms with Gasteiger partial charge >= 0.3 is 5.97 Å². The molecule has 0 aliphatic heterocycles. The van der Waals surface area contributed by atoms with Crippen LogP contribution in [0.2, 0.25) is 10.0 Å². The zero-order chi connectivity index (χ0) is 27.2. The highest BCUT2D eigenvalue weighted by molar-refractivity contribution is 6.38. The third-order valence-electron chi connectivity index (χ3n) is 9.23. The Morgan fingerprint density at radius 3 is 2.28 bits per heavy atom. The Labute approximate surface area is 237 Å². The van der Waals surface area contributed by atoms with Crippen LogP contribution < -0.4 is 9.47 Å². The molecule has 1 N–H and O–H groups in total. The minimum Gasteiger partial charge on any atom is -0.497 e. The quantitative estimate of drug-likeness (QED) is 0.264. The Kier molecular flexibility index (Phi) is 7.00. The summed E-state index contributed by atoms with van der Waals surface area (Å²) in [6, 6.07) is 4.84. The van der Waals surface area contributed by atoms with E-state index in [1.807, 2.05) is 0 Å². The van der Waals surface area contributed by atoms with E-state index in [0.29, 0.717) is 45.0 Å². The second-order valence-electron chi connectivity index (χ2n) is 11.6. The number of fused-ring (bicyclic) bond motifs is 3. The molecule has 4 aliphatic rings. The van der Waals surface area contributed by atoms with Crippen LogP contribution in [-0.2, 0) is 6.42 Å². The molecule has 0 spiro atoms. The van der Waals surface area contributed by atoms with Crippen molar-refractivity contribution in [1.82, 2.24) is 10.1 Å². The predicted octanol–water partition coefficient (Wildman–Crippen LogP) is 7.98. The number of carboxylic acid groups (broad SMARTS) is 1. The van der Waals surface area contributed by atoms with Crippen molar-refractivity contribution in [3.05, 3.63) is 57.5 Å². The van der Waals surface area contributed by atoms with Crippen molar-refractivity contribution in [2.75, 3.05) is 13.7 Å². The third-order valence-corrected chi connectivity index (χ3v) is 9.80. The molecule has 0 radical (unpaired) electrons. The number of halogens is 2. The molecule has 2 aromatic heterocycles. The van der Waals surface area contributed by atoms with E-state index in [-0.39, 0.29) is 11.0 Å². The molecule has 206 valence electrons. The molecule has 7 rings (SSSR count). The summed E-state index contributed by atoms with van der Waals surface area (Å²) in [5.74, 6) is 1.48. The van der Waals surface area contributed by atoms with Crippen molar-refractivity contribution in [2.45, 2.75) is 70.1 Å². The van der Waals surface area contributed by atoms with E-state index in [0.717, 1.165) is 81.2 Å². The standard InChI is InChI=1S/C30H32Cl2N2O5/c1-37-20-12-19(28(35)36)13-21(14-20)38-17-30-9-6-29(7-10-30,8-11-30)5-4-22-26(34-39-27(22)18-2-3-18)25-23(31)15-33-16-24(25)32/h12-16,18H,2-11,17H2,1H3,(H,35,36). The maximum Gasteiger partial charge on any atom is 0.335 e. The molecule has 7 nitrogen and oxygen atoms in total. The van der Waals surface area contributed by atoms with Gasteiger partial charge in [0.2, 0.25) is 0 Å². The summed E-state index contributed by atoms with van der Waals surface area (Å²) in [6.45, 7) is 0.593. The second-order valence-corrected chi connectivity index (χ2v) is 12.4. The van der Waals surface area contributed by atoms with Crippen LogP contribution in [0.4, 0.5) is 0 Å². The van der Waals surface area contributed by atoms with Gasteiger partial charge in [0.25, 0.3) is 0 Å². The molecule has 0 saturated heterocycles. The Morgan fingerprint density at radius 1 is 1.03 bits per heavy atom. The van der Waals surface area contributed by atoms with Crippen molar-refractivity contribution >= 4 is 29.2 Å². The topological polar surface area (TPSA) is 94.7 Å². The maximum absolute atomic E-state index is 11.5. The van der Waals surface area contributed by atoms with E-state index in [1.54, 1.807) is 24.5 Å². The Bertz CT molecular complexity index is 1360. The largest absolute Gasteiger partial charge is 0.497 e. The van der Waals surface area contributed by atoms with E-state index < -0.39 is 5.97 Å². The van der Waals surface area contributed by atoms with E-state index in [1.165, 1.54) is 13.2 Å². The summed E-state index contributed by atoms with van der Waals surface area (Å²) < 4.78 is 17.3. The fraction of sp³-hybridized carbons (Fsp3) is 0.500. The van der Waals surface area contributed by atoms with Crippen LogP contribution in [0.1, 0.15) is 85.4 Å². The summed E-state index contributed by atoms with van der Waals surface area (Å²) in [7, 11) is 1.53. The molecule has 0 atom stereocenters. The SMILES string of the molecule is COc1cc(OCC23CCC(CCc4c(-c5c(Cl)cncc5Cl)noc4C4CC4)(CC2)CC3)cc(C(=O)O)c1. The van der Waals surface area contributed by atoms with Crippen molar-refractivity contribution in [2.24, 2.45) is 10.8 Å². The maximum atomic E-state index is 11.5. The molecule has 2 bridgehead atoms. The molecule has 2 heterocycles. The van der Waals surface area contributed by atoms with Crippen LogP contribution in [0, 0.1) is 10.8 Å². The minimum atomic E-state index is -0.994. The first-order chi connectivity index (χ1) is 18.8. The fourth-order valence-corrected chi connectivity index (χ4v) is 7.06. The van der Waals surface area contributed by atoms with Gasteiger partial charge in [-0.2, -0.15) is 0 Å². The lowest BCUT2D eigenvalue weighted by atomic mass is 9.52. The van der Waals surface area contributed by atoms with Crippen molar-refractivity contribution < 1.29 is 23.9 Å². The zero-order valence-electron chi connectivity index (χ0n) is 22.0. The Morgan fingerprint density at radius 2 is 1.67 bits per heavy atom. The average Bonchev–Trinajstić information content (AvgIpc) is 3.71. The van der Waals surface area contributed by atoms with E-state index in [2.05, 4.69) is 10.1 Å². The normalized spacial score (nSPS) is 24.1. The van der Waals surface area contributed by atoms with E-state index in [4.69, 9.17) is 37.2 Å². The van der Waals surface area contributed by atoms with Crippen molar-refractivity contribution in [3.8, 4) is 22.8 Å². The smallest absolute Gasteiger partial charge is 0.335 e. The van der Waals surface area contributed by atoms with Crippen molar-refractivity contribution in [1.29, 1.82) is 0 Å². The predicted molar refractivity (Wildman–Crippen MR) is 148 cm³/mol. The van der Waals surface area contributed by atoms with Crippen molar-refractivity contribution in [3.63, 3.8) is 0 Å². The van der Waals surface area contributed by atoms with Gasteiger partial charge in [-0.1, -0.05) is 28.4 Å². The number of carboxylic acids is 1. The number of aromatic carboxylic acids is 1. The molecule has 1 aromatic carbocycles. The molecule has 3 aromatic rings. The Balaban J connectivity index is 1.14. The lowest BCUT2D eigenvalue weighted by molar-refractivity contribution is -0.0397. The first-order valence-electron chi connectivity index (χ1n) is 13.6. The Hall–Kier alpha value is -2.77. The molecule has 4 aliphatic carbocycles. The minimum absolute atomic E-state index is 0.133. The number of methoxy groups -OCH3 is 1. The van der Waals surface area contributed by atoms with Gasteiger partial charge in [-0.05, 0) is 81.8 Å². The number of hydrogen-bond donors (Lipinski definition) is 1. The summed E-state index contributed by atoms with van der Waals surface area (Å²) >= 11 is 13.0. The van der Waals surface area contributed by atoms with Crippen LogP contribution in [0.3, 0.4) is 0 Å². The highest BCUT2D eigenvalue weighted by atomic mass is 35.5. The molecular formula is C30H32Cl2N2O5. The molecular weight excluding hydrogens is 539 g/mol. The first kappa shape index (κ1) is 26.5. The van der Waals surface area contributed by atoms with Crippen LogP contribution >= 0.6 is 23.2 Å². The van der Waals surface area contributed by atoms with Crippen LogP contribution in [-0.4, -0.2) is 34.9 Å². The monoisotopic (exact) mass is 570 g/mol. The summed E-state index contributed by atoms with van der Waals surface area (Å²) in [4.78, 5) is 15.6. The third kappa shape index (κ3) is 5.23. The number of nitrogens with zero attached hydrogens (tertiary/aromatic N) is 2. The molecule has 4 fully saturated rings. The fourth-order valence-electron chi connectivity index (χ4n) is 6.52. The number of pyridine rings is 1. The first-order valence-corrected chi connectivity index (χ1v) is 14.4. The number of rotatable bonds is 10. The highest BCUT2D eigenvalue weighted by Gasteiger charge is 2.49. The number of ether oxygens (including phenoxy) is 2. The number of aromatic nitrogens is 2. The van der Waals surface area contributed by atoms with Gasteiger partial charge in [-0.15, -0.1) is 0 Å². The molecule has 0 unspecified atom stereocenters. The van der Waals surface area contributed by atoms with E-state index in [9.17, 15) is 9.90 Å². The summed E-state index contributed by atoms with van der Waals surface area (Å²) in [6.07, 6.45) is 14.2. The van der Waals surface area contributed by atoms with Gasteiger partial charge < -0.3 is 19.1 Å². The highest BCUT2D eigenvalue weighted by Crippen LogP contribution is 2.59. The molecule has 4 saturated carbocycles. The number of hydrogen-bond acceptors (Lipinski definition) is 6. The van der Waals surface area contributed by atoms with Gasteiger partial charge in [0.15, 0.2) is 0 Å². The average molecular weight is 572 g/mol. The zero-order valence-corrected chi connectivity index (χ0v) is 23.5. The van der Waals surface area contributed by atoms with Gasteiger partial charge in [-0.25, -0.2) is 4.79 Å². The molecule has 39 heavy (non-hydrogen) atoms. The number of carbonyl (C=O) groups is 1. The summed E-state index contributed by atoms with van der Waals surface area (Å²) in [5, 5.41) is 14.9. The van der Waals surface area contributed by atoms with Gasteiger partial charge in [0.05, 0.1) is 29.3 Å².